The number of carbonyl (C=O) groups excluding carboxylic acids is 1. The maximum Gasteiger partial charge on any atom is 0.495 e. The standard InChI is InChI=1S/C17H23BFNO3/c1-7-8-20-15(21)12-9-13(11(2)14(19)10-12)18-22-16(3,4)17(5,6)23-18/h7,9-10H,1,8H2,2-6H3,(H,20,21). The zero-order valence-corrected chi connectivity index (χ0v) is 14.3. The zero-order chi connectivity index (χ0) is 17.4. The van der Waals surface area contributed by atoms with Gasteiger partial charge in [0.05, 0.1) is 11.2 Å². The molecule has 0 aliphatic carbocycles. The minimum atomic E-state index is -0.707. The van der Waals surface area contributed by atoms with E-state index in [9.17, 15) is 9.18 Å². The summed E-state index contributed by atoms with van der Waals surface area (Å²) in [5.74, 6) is -0.817. The molecule has 0 bridgehead atoms. The smallest absolute Gasteiger partial charge is 0.399 e. The van der Waals surface area contributed by atoms with Crippen molar-refractivity contribution >= 4 is 18.5 Å². The lowest BCUT2D eigenvalue weighted by atomic mass is 9.75. The van der Waals surface area contributed by atoms with Crippen LogP contribution in [-0.2, 0) is 9.31 Å². The van der Waals surface area contributed by atoms with Gasteiger partial charge in [-0.05, 0) is 57.8 Å². The number of hydrogen-bond acceptors (Lipinski definition) is 3. The Kier molecular flexibility index (Phi) is 4.69. The van der Waals surface area contributed by atoms with E-state index >= 15 is 0 Å². The molecule has 0 spiro atoms. The summed E-state index contributed by atoms with van der Waals surface area (Å²) in [5, 5.41) is 2.64. The molecule has 6 heteroatoms. The Hall–Kier alpha value is -1.66. The van der Waals surface area contributed by atoms with Crippen LogP contribution in [0.3, 0.4) is 0 Å². The summed E-state index contributed by atoms with van der Waals surface area (Å²) in [7, 11) is -0.707. The van der Waals surface area contributed by atoms with Crippen molar-refractivity contribution in [1.82, 2.24) is 5.32 Å². The van der Waals surface area contributed by atoms with Gasteiger partial charge in [0.25, 0.3) is 5.91 Å². The highest BCUT2D eigenvalue weighted by atomic mass is 19.1. The van der Waals surface area contributed by atoms with Crippen molar-refractivity contribution in [3.05, 3.63) is 41.7 Å². The first kappa shape index (κ1) is 17.7. The van der Waals surface area contributed by atoms with Crippen molar-refractivity contribution in [2.45, 2.75) is 45.8 Å². The molecule has 1 aliphatic rings. The van der Waals surface area contributed by atoms with Crippen LogP contribution >= 0.6 is 0 Å². The predicted octanol–water partition coefficient (Wildman–Crippen LogP) is 2.35. The molecule has 0 atom stereocenters. The number of halogens is 1. The second-order valence-corrected chi connectivity index (χ2v) is 6.76. The van der Waals surface area contributed by atoms with Gasteiger partial charge in [0.1, 0.15) is 5.82 Å². The van der Waals surface area contributed by atoms with Crippen LogP contribution in [0.1, 0.15) is 43.6 Å². The lowest BCUT2D eigenvalue weighted by molar-refractivity contribution is 0.00578. The maximum absolute atomic E-state index is 14.2. The van der Waals surface area contributed by atoms with Crippen molar-refractivity contribution in [3.63, 3.8) is 0 Å². The highest BCUT2D eigenvalue weighted by molar-refractivity contribution is 6.62. The lowest BCUT2D eigenvalue weighted by Gasteiger charge is -2.32. The van der Waals surface area contributed by atoms with Gasteiger partial charge < -0.3 is 14.6 Å². The minimum Gasteiger partial charge on any atom is -0.399 e. The quantitative estimate of drug-likeness (QED) is 0.684. The third kappa shape index (κ3) is 3.33. The minimum absolute atomic E-state index is 0.236. The normalized spacial score (nSPS) is 18.8. The van der Waals surface area contributed by atoms with Crippen LogP contribution in [0.5, 0.6) is 0 Å². The number of rotatable bonds is 4. The molecule has 1 heterocycles. The second kappa shape index (κ2) is 6.09. The van der Waals surface area contributed by atoms with Crippen molar-refractivity contribution in [2.75, 3.05) is 6.54 Å². The number of hydrogen-bond donors (Lipinski definition) is 1. The van der Waals surface area contributed by atoms with Crippen LogP contribution in [0.2, 0.25) is 0 Å². The molecule has 0 unspecified atom stereocenters. The Morgan fingerprint density at radius 1 is 1.30 bits per heavy atom. The molecule has 1 aromatic carbocycles. The van der Waals surface area contributed by atoms with E-state index in [-0.39, 0.29) is 11.5 Å². The summed E-state index contributed by atoms with van der Waals surface area (Å²) in [4.78, 5) is 12.1. The van der Waals surface area contributed by atoms with Gasteiger partial charge in [-0.15, -0.1) is 6.58 Å². The Bertz CT molecular complexity index is 627. The highest BCUT2D eigenvalue weighted by Crippen LogP contribution is 2.36. The van der Waals surface area contributed by atoms with E-state index in [2.05, 4.69) is 11.9 Å². The molecule has 0 aromatic heterocycles. The molecule has 1 saturated heterocycles. The Morgan fingerprint density at radius 2 is 1.87 bits per heavy atom. The largest absolute Gasteiger partial charge is 0.495 e. The molecule has 1 aliphatic heterocycles. The average Bonchev–Trinajstić information content (AvgIpc) is 2.67. The topological polar surface area (TPSA) is 47.6 Å². The van der Waals surface area contributed by atoms with Crippen molar-refractivity contribution < 1.29 is 18.5 Å². The van der Waals surface area contributed by atoms with Gasteiger partial charge in [-0.2, -0.15) is 0 Å². The van der Waals surface area contributed by atoms with Gasteiger partial charge >= 0.3 is 7.12 Å². The third-order valence-corrected chi connectivity index (χ3v) is 4.56. The second-order valence-electron chi connectivity index (χ2n) is 6.76. The lowest BCUT2D eigenvalue weighted by Crippen LogP contribution is -2.41. The molecule has 2 rings (SSSR count). The fourth-order valence-electron chi connectivity index (χ4n) is 2.31. The van der Waals surface area contributed by atoms with Crippen molar-refractivity contribution in [1.29, 1.82) is 0 Å². The summed E-state index contributed by atoms with van der Waals surface area (Å²) in [5.41, 5.74) is 0.138. The van der Waals surface area contributed by atoms with E-state index in [0.717, 1.165) is 0 Å². The maximum atomic E-state index is 14.2. The van der Waals surface area contributed by atoms with Crippen LogP contribution < -0.4 is 10.8 Å². The third-order valence-electron chi connectivity index (χ3n) is 4.56. The van der Waals surface area contributed by atoms with Gasteiger partial charge in [0.15, 0.2) is 0 Å². The summed E-state index contributed by atoms with van der Waals surface area (Å²) < 4.78 is 26.2. The first-order valence-electron chi connectivity index (χ1n) is 7.64. The molecule has 124 valence electrons. The van der Waals surface area contributed by atoms with E-state index in [4.69, 9.17) is 9.31 Å². The van der Waals surface area contributed by atoms with Gasteiger partial charge in [-0.25, -0.2) is 4.39 Å². The monoisotopic (exact) mass is 319 g/mol. The molecule has 0 saturated carbocycles. The molecule has 1 N–H and O–H groups in total. The number of nitrogens with one attached hydrogen (secondary N) is 1. The SMILES string of the molecule is C=CCNC(=O)c1cc(F)c(C)c(B2OC(C)(C)C(C)(C)O2)c1. The molecular formula is C17H23BFNO3. The summed E-state index contributed by atoms with van der Waals surface area (Å²) in [6.07, 6.45) is 1.57. The van der Waals surface area contributed by atoms with Gasteiger partial charge in [-0.1, -0.05) is 6.08 Å². The van der Waals surface area contributed by atoms with E-state index < -0.39 is 24.1 Å². The number of amides is 1. The molecule has 1 amide bonds. The fraction of sp³-hybridized carbons (Fsp3) is 0.471. The average molecular weight is 319 g/mol. The fourth-order valence-corrected chi connectivity index (χ4v) is 2.31. The van der Waals surface area contributed by atoms with Crippen molar-refractivity contribution in [3.8, 4) is 0 Å². The molecule has 0 radical (unpaired) electrons. The van der Waals surface area contributed by atoms with Crippen LogP contribution in [0.15, 0.2) is 24.8 Å². The van der Waals surface area contributed by atoms with E-state index in [1.807, 2.05) is 27.7 Å². The summed E-state index contributed by atoms with van der Waals surface area (Å²) >= 11 is 0. The summed E-state index contributed by atoms with van der Waals surface area (Å²) in [6.45, 7) is 13.2. The predicted molar refractivity (Wildman–Crippen MR) is 89.4 cm³/mol. The van der Waals surface area contributed by atoms with E-state index in [1.165, 1.54) is 6.07 Å². The van der Waals surface area contributed by atoms with Gasteiger partial charge in [0, 0.05) is 12.1 Å². The van der Waals surface area contributed by atoms with Crippen LogP contribution in [-0.4, -0.2) is 30.8 Å². The Balaban J connectivity index is 2.38. The van der Waals surface area contributed by atoms with Gasteiger partial charge in [0.2, 0.25) is 0 Å². The van der Waals surface area contributed by atoms with Crippen LogP contribution in [0, 0.1) is 12.7 Å². The Morgan fingerprint density at radius 3 is 2.39 bits per heavy atom. The molecule has 1 fully saturated rings. The van der Waals surface area contributed by atoms with E-state index in [1.54, 1.807) is 19.1 Å². The Labute approximate surface area is 137 Å². The van der Waals surface area contributed by atoms with Crippen LogP contribution in [0.25, 0.3) is 0 Å². The molecule has 23 heavy (non-hydrogen) atoms. The van der Waals surface area contributed by atoms with Gasteiger partial charge in [-0.3, -0.25) is 4.79 Å². The first-order valence-corrected chi connectivity index (χ1v) is 7.64. The van der Waals surface area contributed by atoms with Crippen LogP contribution in [0.4, 0.5) is 4.39 Å². The van der Waals surface area contributed by atoms with E-state index in [0.29, 0.717) is 17.6 Å². The first-order chi connectivity index (χ1) is 10.6. The molecule has 1 aromatic rings. The van der Waals surface area contributed by atoms with Crippen molar-refractivity contribution in [2.24, 2.45) is 0 Å². The molecular weight excluding hydrogens is 296 g/mol. The zero-order valence-electron chi connectivity index (χ0n) is 14.3. The highest BCUT2D eigenvalue weighted by Gasteiger charge is 2.52. The number of benzene rings is 1. The summed E-state index contributed by atoms with van der Waals surface area (Å²) in [6, 6.07) is 2.85. The number of carbonyl (C=O) groups is 1. The molecule has 4 nitrogen and oxygen atoms in total.